The van der Waals surface area contributed by atoms with E-state index in [-0.39, 0.29) is 19.0 Å². The Bertz CT molecular complexity index is 398. The molecule has 1 amide bonds. The van der Waals surface area contributed by atoms with Gasteiger partial charge in [0.15, 0.2) is 0 Å². The van der Waals surface area contributed by atoms with Crippen LogP contribution in [0.1, 0.15) is 16.2 Å². The van der Waals surface area contributed by atoms with Crippen LogP contribution in [0.25, 0.3) is 0 Å². The van der Waals surface area contributed by atoms with Crippen LogP contribution >= 0.6 is 0 Å². The predicted molar refractivity (Wildman–Crippen MR) is 56.9 cm³/mol. The predicted octanol–water partition coefficient (Wildman–Crippen LogP) is -0.432. The number of amides is 1. The summed E-state index contributed by atoms with van der Waals surface area (Å²) >= 11 is 0. The van der Waals surface area contributed by atoms with Crippen molar-refractivity contribution in [3.05, 3.63) is 29.6 Å². The lowest BCUT2D eigenvalue weighted by molar-refractivity contribution is 0.0572. The highest BCUT2D eigenvalue weighted by Crippen LogP contribution is 2.13. The molecule has 86 valence electrons. The lowest BCUT2D eigenvalue weighted by Gasteiger charge is -2.14. The van der Waals surface area contributed by atoms with Crippen LogP contribution in [0.5, 0.6) is 0 Å². The van der Waals surface area contributed by atoms with E-state index in [1.165, 1.54) is 4.90 Å². The Hall–Kier alpha value is -1.46. The van der Waals surface area contributed by atoms with Gasteiger partial charge in [0.05, 0.1) is 12.2 Å². The van der Waals surface area contributed by atoms with Gasteiger partial charge >= 0.3 is 0 Å². The number of aryl methyl sites for hydroxylation is 1. The van der Waals surface area contributed by atoms with Gasteiger partial charge in [-0.3, -0.25) is 4.79 Å². The fourth-order valence-electron chi connectivity index (χ4n) is 1.76. The minimum absolute atomic E-state index is 0.162. The molecule has 0 aromatic carbocycles. The van der Waals surface area contributed by atoms with Crippen LogP contribution in [0.4, 0.5) is 0 Å². The highest BCUT2D eigenvalue weighted by molar-refractivity contribution is 5.92. The number of aliphatic hydroxyl groups is 2. The van der Waals surface area contributed by atoms with Crippen LogP contribution < -0.4 is 0 Å². The Kier molecular flexibility index (Phi) is 2.89. The van der Waals surface area contributed by atoms with E-state index in [1.807, 2.05) is 13.0 Å². The molecule has 0 radical (unpaired) electrons. The Morgan fingerprint density at radius 2 is 2.00 bits per heavy atom. The van der Waals surface area contributed by atoms with Gasteiger partial charge in [-0.1, -0.05) is 6.07 Å². The third-order valence-electron chi connectivity index (χ3n) is 2.65. The molecule has 16 heavy (non-hydrogen) atoms. The van der Waals surface area contributed by atoms with E-state index in [9.17, 15) is 15.0 Å². The second-order valence-corrected chi connectivity index (χ2v) is 4.01. The van der Waals surface area contributed by atoms with Crippen LogP contribution in [-0.4, -0.2) is 51.3 Å². The maximum atomic E-state index is 11.9. The van der Waals surface area contributed by atoms with Crippen molar-refractivity contribution in [2.75, 3.05) is 13.1 Å². The molecule has 5 heteroatoms. The maximum Gasteiger partial charge on any atom is 0.272 e. The van der Waals surface area contributed by atoms with Crippen LogP contribution in [0.3, 0.4) is 0 Å². The summed E-state index contributed by atoms with van der Waals surface area (Å²) < 4.78 is 0. The van der Waals surface area contributed by atoms with E-state index in [0.29, 0.717) is 5.69 Å². The van der Waals surface area contributed by atoms with Crippen LogP contribution in [0.2, 0.25) is 0 Å². The summed E-state index contributed by atoms with van der Waals surface area (Å²) in [5.41, 5.74) is 1.12. The molecule has 2 rings (SSSR count). The van der Waals surface area contributed by atoms with Gasteiger partial charge in [-0.15, -0.1) is 0 Å². The lowest BCUT2D eigenvalue weighted by Crippen LogP contribution is -2.30. The van der Waals surface area contributed by atoms with Gasteiger partial charge in [-0.05, 0) is 19.1 Å². The van der Waals surface area contributed by atoms with Crippen molar-refractivity contribution in [1.29, 1.82) is 0 Å². The second kappa shape index (κ2) is 4.19. The molecular formula is C11H14N2O3. The zero-order chi connectivity index (χ0) is 11.7. The van der Waals surface area contributed by atoms with E-state index in [0.717, 1.165) is 5.69 Å². The molecule has 2 N–H and O–H groups in total. The van der Waals surface area contributed by atoms with Gasteiger partial charge in [-0.25, -0.2) is 4.98 Å². The van der Waals surface area contributed by atoms with Crippen LogP contribution in [0.15, 0.2) is 18.2 Å². The molecule has 5 nitrogen and oxygen atoms in total. The molecule has 0 spiro atoms. The SMILES string of the molecule is Cc1cccc(C(=O)N2CC(O)C(O)C2)n1. The minimum atomic E-state index is -0.853. The molecule has 1 saturated heterocycles. The van der Waals surface area contributed by atoms with Crippen molar-refractivity contribution < 1.29 is 15.0 Å². The number of aliphatic hydroxyl groups excluding tert-OH is 2. The van der Waals surface area contributed by atoms with Crippen molar-refractivity contribution in [3.8, 4) is 0 Å². The van der Waals surface area contributed by atoms with Crippen molar-refractivity contribution in [2.45, 2.75) is 19.1 Å². The lowest BCUT2D eigenvalue weighted by atomic mass is 10.3. The van der Waals surface area contributed by atoms with Gasteiger partial charge < -0.3 is 15.1 Å². The topological polar surface area (TPSA) is 73.7 Å². The van der Waals surface area contributed by atoms with Crippen molar-refractivity contribution in [3.63, 3.8) is 0 Å². The summed E-state index contributed by atoms with van der Waals surface area (Å²) in [5, 5.41) is 18.7. The normalized spacial score (nSPS) is 24.8. The Morgan fingerprint density at radius 3 is 2.56 bits per heavy atom. The highest BCUT2D eigenvalue weighted by Gasteiger charge is 2.33. The van der Waals surface area contributed by atoms with E-state index in [1.54, 1.807) is 12.1 Å². The summed E-state index contributed by atoms with van der Waals surface area (Å²) in [6.45, 7) is 2.13. The molecule has 0 aliphatic carbocycles. The van der Waals surface area contributed by atoms with E-state index in [2.05, 4.69) is 4.98 Å². The third-order valence-corrected chi connectivity index (χ3v) is 2.65. The molecule has 2 heterocycles. The molecule has 1 aliphatic rings. The molecule has 1 aliphatic heterocycles. The number of likely N-dealkylation sites (tertiary alicyclic amines) is 1. The Labute approximate surface area is 93.3 Å². The fourth-order valence-corrected chi connectivity index (χ4v) is 1.76. The number of hydrogen-bond donors (Lipinski definition) is 2. The van der Waals surface area contributed by atoms with Crippen LogP contribution in [-0.2, 0) is 0 Å². The number of rotatable bonds is 1. The first-order chi connectivity index (χ1) is 7.58. The number of hydrogen-bond acceptors (Lipinski definition) is 4. The van der Waals surface area contributed by atoms with Crippen molar-refractivity contribution >= 4 is 5.91 Å². The minimum Gasteiger partial charge on any atom is -0.388 e. The zero-order valence-electron chi connectivity index (χ0n) is 9.00. The van der Waals surface area contributed by atoms with Crippen molar-refractivity contribution in [1.82, 2.24) is 9.88 Å². The second-order valence-electron chi connectivity index (χ2n) is 4.01. The quantitative estimate of drug-likeness (QED) is 0.676. The summed E-state index contributed by atoms with van der Waals surface area (Å²) in [7, 11) is 0. The van der Waals surface area contributed by atoms with E-state index >= 15 is 0 Å². The first-order valence-corrected chi connectivity index (χ1v) is 5.17. The molecule has 0 saturated carbocycles. The summed E-state index contributed by atoms with van der Waals surface area (Å²) in [6.07, 6.45) is -1.71. The molecule has 0 bridgehead atoms. The Morgan fingerprint density at radius 1 is 1.38 bits per heavy atom. The number of aromatic nitrogens is 1. The highest BCUT2D eigenvalue weighted by atomic mass is 16.3. The van der Waals surface area contributed by atoms with Gasteiger partial charge in [0.25, 0.3) is 5.91 Å². The summed E-state index contributed by atoms with van der Waals surface area (Å²) in [4.78, 5) is 17.5. The Balaban J connectivity index is 2.14. The number of nitrogens with zero attached hydrogens (tertiary/aromatic N) is 2. The van der Waals surface area contributed by atoms with E-state index < -0.39 is 12.2 Å². The zero-order valence-corrected chi connectivity index (χ0v) is 9.00. The number of carbonyl (C=O) groups excluding carboxylic acids is 1. The molecular weight excluding hydrogens is 208 g/mol. The smallest absolute Gasteiger partial charge is 0.272 e. The summed E-state index contributed by atoms with van der Waals surface area (Å²) in [5.74, 6) is -0.251. The van der Waals surface area contributed by atoms with Gasteiger partial charge in [0.2, 0.25) is 0 Å². The van der Waals surface area contributed by atoms with E-state index in [4.69, 9.17) is 0 Å². The monoisotopic (exact) mass is 222 g/mol. The van der Waals surface area contributed by atoms with Crippen molar-refractivity contribution in [2.24, 2.45) is 0 Å². The van der Waals surface area contributed by atoms with Gasteiger partial charge in [0.1, 0.15) is 5.69 Å². The largest absolute Gasteiger partial charge is 0.388 e. The van der Waals surface area contributed by atoms with Gasteiger partial charge in [0, 0.05) is 18.8 Å². The summed E-state index contributed by atoms with van der Waals surface area (Å²) in [6, 6.07) is 5.20. The average molecular weight is 222 g/mol. The number of pyridine rings is 1. The fraction of sp³-hybridized carbons (Fsp3) is 0.455. The number of β-amino-alcohol motifs (C(OH)–C–C–N with tert-alkyl or cyclic N) is 2. The van der Waals surface area contributed by atoms with Gasteiger partial charge in [-0.2, -0.15) is 0 Å². The molecule has 1 aromatic heterocycles. The molecule has 2 atom stereocenters. The maximum absolute atomic E-state index is 11.9. The first kappa shape index (κ1) is 11.0. The average Bonchev–Trinajstić information content (AvgIpc) is 2.58. The molecule has 1 fully saturated rings. The van der Waals surface area contributed by atoms with Crippen LogP contribution in [0, 0.1) is 6.92 Å². The first-order valence-electron chi connectivity index (χ1n) is 5.17. The molecule has 2 unspecified atom stereocenters. The number of carbonyl (C=O) groups is 1. The third kappa shape index (κ3) is 2.05. The molecule has 1 aromatic rings. The standard InChI is InChI=1S/C11H14N2O3/c1-7-3-2-4-8(12-7)11(16)13-5-9(14)10(15)6-13/h2-4,9-10,14-15H,5-6H2,1H3.